The van der Waals surface area contributed by atoms with Gasteiger partial charge in [0.25, 0.3) is 0 Å². The van der Waals surface area contributed by atoms with E-state index in [2.05, 4.69) is 53.5 Å². The lowest BCUT2D eigenvalue weighted by Crippen LogP contribution is -2.06. The molecule has 0 aliphatic rings. The zero-order chi connectivity index (χ0) is 14.3. The van der Waals surface area contributed by atoms with Crippen LogP contribution in [-0.4, -0.2) is 21.8 Å². The summed E-state index contributed by atoms with van der Waals surface area (Å²) in [4.78, 5) is 3.46. The number of rotatable bonds is 3. The van der Waals surface area contributed by atoms with E-state index in [0.29, 0.717) is 0 Å². The monoisotopic (exact) mass is 268 g/mol. The predicted octanol–water partition coefficient (Wildman–Crippen LogP) is 2.90. The standard InChI is InChI=1S/C16H20N4/c1-10-14(9-17-3)19-20(4)16(10)15-11(2)18-13-8-6-5-7-12(13)15/h5-8,17-18H,9H2,1-4H3. The van der Waals surface area contributed by atoms with Crippen molar-refractivity contribution in [1.82, 2.24) is 20.1 Å². The van der Waals surface area contributed by atoms with Crippen molar-refractivity contribution >= 4 is 10.9 Å². The SMILES string of the molecule is CNCc1nn(C)c(-c2c(C)[nH]c3ccccc23)c1C. The highest BCUT2D eigenvalue weighted by molar-refractivity contribution is 5.97. The Morgan fingerprint density at radius 1 is 1.25 bits per heavy atom. The van der Waals surface area contributed by atoms with Crippen LogP contribution in [0.5, 0.6) is 0 Å². The second-order valence-electron chi connectivity index (χ2n) is 5.24. The van der Waals surface area contributed by atoms with E-state index >= 15 is 0 Å². The molecule has 2 N–H and O–H groups in total. The minimum Gasteiger partial charge on any atom is -0.358 e. The summed E-state index contributed by atoms with van der Waals surface area (Å²) in [5.74, 6) is 0. The van der Waals surface area contributed by atoms with Gasteiger partial charge >= 0.3 is 0 Å². The van der Waals surface area contributed by atoms with Gasteiger partial charge in [-0.05, 0) is 32.5 Å². The van der Waals surface area contributed by atoms with Crippen LogP contribution < -0.4 is 5.32 Å². The molecule has 1 aromatic carbocycles. The molecule has 3 rings (SSSR count). The summed E-state index contributed by atoms with van der Waals surface area (Å²) in [5, 5.41) is 9.08. The van der Waals surface area contributed by atoms with Crippen molar-refractivity contribution in [2.24, 2.45) is 7.05 Å². The van der Waals surface area contributed by atoms with Crippen LogP contribution in [0.2, 0.25) is 0 Å². The Hall–Kier alpha value is -2.07. The fraction of sp³-hybridized carbons (Fsp3) is 0.312. The number of aryl methyl sites for hydroxylation is 2. The van der Waals surface area contributed by atoms with Gasteiger partial charge < -0.3 is 10.3 Å². The maximum atomic E-state index is 4.64. The third kappa shape index (κ3) is 1.84. The van der Waals surface area contributed by atoms with E-state index in [1.165, 1.54) is 33.4 Å². The molecule has 0 saturated carbocycles. The number of fused-ring (bicyclic) bond motifs is 1. The lowest BCUT2D eigenvalue weighted by Gasteiger charge is -2.04. The summed E-state index contributed by atoms with van der Waals surface area (Å²) in [6, 6.07) is 8.42. The van der Waals surface area contributed by atoms with Gasteiger partial charge in [0.1, 0.15) is 0 Å². The normalized spacial score (nSPS) is 11.4. The van der Waals surface area contributed by atoms with Gasteiger partial charge in [0.2, 0.25) is 0 Å². The van der Waals surface area contributed by atoms with Crippen LogP contribution in [0.4, 0.5) is 0 Å². The first-order valence-electron chi connectivity index (χ1n) is 6.88. The first-order chi connectivity index (χ1) is 9.63. The van der Waals surface area contributed by atoms with Gasteiger partial charge in [0, 0.05) is 35.8 Å². The molecule has 3 aromatic rings. The maximum absolute atomic E-state index is 4.64. The van der Waals surface area contributed by atoms with Gasteiger partial charge in [0.15, 0.2) is 0 Å². The van der Waals surface area contributed by atoms with Crippen molar-refractivity contribution in [2.75, 3.05) is 7.05 Å². The summed E-state index contributed by atoms with van der Waals surface area (Å²) in [6.45, 7) is 5.07. The third-order valence-electron chi connectivity index (χ3n) is 3.86. The molecule has 0 spiro atoms. The van der Waals surface area contributed by atoms with E-state index < -0.39 is 0 Å². The summed E-state index contributed by atoms with van der Waals surface area (Å²) in [6.07, 6.45) is 0. The largest absolute Gasteiger partial charge is 0.358 e. The van der Waals surface area contributed by atoms with Gasteiger partial charge in [0.05, 0.1) is 11.4 Å². The lowest BCUT2D eigenvalue weighted by molar-refractivity contribution is 0.715. The molecule has 20 heavy (non-hydrogen) atoms. The molecule has 0 bridgehead atoms. The summed E-state index contributed by atoms with van der Waals surface area (Å²) in [5.41, 5.74) is 7.18. The van der Waals surface area contributed by atoms with Crippen molar-refractivity contribution in [2.45, 2.75) is 20.4 Å². The first-order valence-corrected chi connectivity index (χ1v) is 6.88. The number of aromatic nitrogens is 3. The average molecular weight is 268 g/mol. The number of hydrogen-bond donors (Lipinski definition) is 2. The molecule has 4 heteroatoms. The number of para-hydroxylation sites is 1. The smallest absolute Gasteiger partial charge is 0.0797 e. The number of benzene rings is 1. The third-order valence-corrected chi connectivity index (χ3v) is 3.86. The molecule has 0 atom stereocenters. The Bertz CT molecular complexity index is 764. The molecule has 0 radical (unpaired) electrons. The number of nitrogens with zero attached hydrogens (tertiary/aromatic N) is 2. The molecule has 4 nitrogen and oxygen atoms in total. The van der Waals surface area contributed by atoms with Crippen LogP contribution in [0.3, 0.4) is 0 Å². The molecule has 0 fully saturated rings. The first kappa shape index (κ1) is 12.9. The van der Waals surface area contributed by atoms with Crippen LogP contribution in [0.1, 0.15) is 17.0 Å². The van der Waals surface area contributed by atoms with Crippen LogP contribution in [0, 0.1) is 13.8 Å². The number of nitrogens with one attached hydrogen (secondary N) is 2. The number of H-pyrrole nitrogens is 1. The van der Waals surface area contributed by atoms with E-state index in [0.717, 1.165) is 12.2 Å². The zero-order valence-corrected chi connectivity index (χ0v) is 12.4. The highest BCUT2D eigenvalue weighted by Crippen LogP contribution is 2.34. The van der Waals surface area contributed by atoms with E-state index in [4.69, 9.17) is 0 Å². The van der Waals surface area contributed by atoms with Crippen LogP contribution >= 0.6 is 0 Å². The molecule has 0 unspecified atom stereocenters. The second kappa shape index (κ2) is 4.80. The summed E-state index contributed by atoms with van der Waals surface area (Å²) in [7, 11) is 3.97. The highest BCUT2D eigenvalue weighted by atomic mass is 15.3. The molecular weight excluding hydrogens is 248 g/mol. The van der Waals surface area contributed by atoms with Crippen molar-refractivity contribution in [3.8, 4) is 11.3 Å². The quantitative estimate of drug-likeness (QED) is 0.767. The maximum Gasteiger partial charge on any atom is 0.0797 e. The zero-order valence-electron chi connectivity index (χ0n) is 12.4. The van der Waals surface area contributed by atoms with Crippen molar-refractivity contribution in [3.63, 3.8) is 0 Å². The van der Waals surface area contributed by atoms with Gasteiger partial charge in [-0.2, -0.15) is 5.10 Å². The molecule has 2 heterocycles. The van der Waals surface area contributed by atoms with Gasteiger partial charge in [-0.3, -0.25) is 4.68 Å². The van der Waals surface area contributed by atoms with Gasteiger partial charge in [-0.25, -0.2) is 0 Å². The summed E-state index contributed by atoms with van der Waals surface area (Å²) >= 11 is 0. The average Bonchev–Trinajstić information content (AvgIpc) is 2.88. The summed E-state index contributed by atoms with van der Waals surface area (Å²) < 4.78 is 1.99. The predicted molar refractivity (Wildman–Crippen MR) is 82.7 cm³/mol. The van der Waals surface area contributed by atoms with E-state index in [1.807, 2.05) is 18.8 Å². The van der Waals surface area contributed by atoms with Crippen LogP contribution in [-0.2, 0) is 13.6 Å². The number of aromatic amines is 1. The van der Waals surface area contributed by atoms with E-state index in [9.17, 15) is 0 Å². The molecule has 0 saturated heterocycles. The molecule has 104 valence electrons. The molecule has 0 aliphatic heterocycles. The van der Waals surface area contributed by atoms with Crippen LogP contribution in [0.15, 0.2) is 24.3 Å². The molecule has 2 aromatic heterocycles. The number of hydrogen-bond acceptors (Lipinski definition) is 2. The minimum atomic E-state index is 0.793. The van der Waals surface area contributed by atoms with Crippen molar-refractivity contribution in [3.05, 3.63) is 41.2 Å². The fourth-order valence-corrected chi connectivity index (χ4v) is 2.95. The van der Waals surface area contributed by atoms with E-state index in [1.54, 1.807) is 0 Å². The molecule has 0 amide bonds. The highest BCUT2D eigenvalue weighted by Gasteiger charge is 2.18. The van der Waals surface area contributed by atoms with Crippen molar-refractivity contribution in [1.29, 1.82) is 0 Å². The molecular formula is C16H20N4. The van der Waals surface area contributed by atoms with Gasteiger partial charge in [-0.15, -0.1) is 0 Å². The Morgan fingerprint density at radius 2 is 2.00 bits per heavy atom. The van der Waals surface area contributed by atoms with Gasteiger partial charge in [-0.1, -0.05) is 18.2 Å². The van der Waals surface area contributed by atoms with Crippen LogP contribution in [0.25, 0.3) is 22.2 Å². The topological polar surface area (TPSA) is 45.6 Å². The Labute approximate surface area is 118 Å². The molecule has 0 aliphatic carbocycles. The minimum absolute atomic E-state index is 0.793. The lowest BCUT2D eigenvalue weighted by atomic mass is 10.0. The Kier molecular flexibility index (Phi) is 3.10. The van der Waals surface area contributed by atoms with E-state index in [-0.39, 0.29) is 0 Å². The second-order valence-corrected chi connectivity index (χ2v) is 5.24. The Balaban J connectivity index is 2.28. The fourth-order valence-electron chi connectivity index (χ4n) is 2.95. The Morgan fingerprint density at radius 3 is 2.75 bits per heavy atom. The van der Waals surface area contributed by atoms with Crippen molar-refractivity contribution < 1.29 is 0 Å².